The molecule has 1 aromatic heterocycles. The summed E-state index contributed by atoms with van der Waals surface area (Å²) in [5, 5.41) is 0. The molecule has 0 aliphatic heterocycles. The Balaban J connectivity index is 2.95. The van der Waals surface area contributed by atoms with E-state index in [-0.39, 0.29) is 0 Å². The minimum atomic E-state index is 0.742. The van der Waals surface area contributed by atoms with Gasteiger partial charge in [0.25, 0.3) is 0 Å². The summed E-state index contributed by atoms with van der Waals surface area (Å²) in [5.41, 5.74) is 1.88. The van der Waals surface area contributed by atoms with Crippen LogP contribution in [-0.4, -0.2) is 24.0 Å². The average Bonchev–Trinajstić information content (AvgIpc) is 2.25. The van der Waals surface area contributed by atoms with E-state index in [1.165, 1.54) is 0 Å². The molecule has 0 saturated carbocycles. The van der Waals surface area contributed by atoms with Crippen LogP contribution in [0.1, 0.15) is 12.5 Å². The van der Waals surface area contributed by atoms with Gasteiger partial charge in [-0.25, -0.2) is 0 Å². The largest absolute Gasteiger partial charge is 0.285 e. The maximum Gasteiger partial charge on any atom is 0.0677 e. The highest BCUT2D eigenvalue weighted by molar-refractivity contribution is 6.08. The maximum atomic E-state index is 4.33. The monoisotopic (exact) mass is 187 g/mol. The lowest BCUT2D eigenvalue weighted by Crippen LogP contribution is -1.97. The van der Waals surface area contributed by atoms with Gasteiger partial charge in [-0.05, 0) is 31.9 Å². The predicted octanol–water partition coefficient (Wildman–Crippen LogP) is 2.10. The predicted molar refractivity (Wildman–Crippen MR) is 60.0 cm³/mol. The molecule has 72 valence electrons. The van der Waals surface area contributed by atoms with Crippen molar-refractivity contribution in [2.45, 2.75) is 6.92 Å². The van der Waals surface area contributed by atoms with Gasteiger partial charge in [0, 0.05) is 30.7 Å². The summed E-state index contributed by atoms with van der Waals surface area (Å²) in [7, 11) is 0. The van der Waals surface area contributed by atoms with Gasteiger partial charge in [-0.2, -0.15) is 0 Å². The van der Waals surface area contributed by atoms with Crippen LogP contribution >= 0.6 is 0 Å². The van der Waals surface area contributed by atoms with E-state index < -0.39 is 0 Å². The van der Waals surface area contributed by atoms with E-state index in [1.54, 1.807) is 18.6 Å². The molecule has 1 rings (SSSR count). The quantitative estimate of drug-likeness (QED) is 0.665. The van der Waals surface area contributed by atoms with Crippen LogP contribution in [0.25, 0.3) is 0 Å². The molecule has 0 saturated heterocycles. The van der Waals surface area contributed by atoms with Crippen molar-refractivity contribution in [3.63, 3.8) is 0 Å². The first-order chi connectivity index (χ1) is 6.88. The van der Waals surface area contributed by atoms with Crippen molar-refractivity contribution in [3.05, 3.63) is 42.4 Å². The van der Waals surface area contributed by atoms with Gasteiger partial charge in [0.1, 0.15) is 0 Å². The average molecular weight is 187 g/mol. The number of rotatable bonds is 4. The Morgan fingerprint density at radius 3 is 3.07 bits per heavy atom. The topological polar surface area (TPSA) is 37.6 Å². The lowest BCUT2D eigenvalue weighted by Gasteiger charge is -1.99. The minimum Gasteiger partial charge on any atom is -0.285 e. The Morgan fingerprint density at radius 1 is 1.64 bits per heavy atom. The van der Waals surface area contributed by atoms with Gasteiger partial charge in [-0.15, -0.1) is 0 Å². The fraction of sp³-hybridized carbons (Fsp3) is 0.182. The summed E-state index contributed by atoms with van der Waals surface area (Å²) >= 11 is 0. The molecule has 0 N–H and O–H groups in total. The normalized spacial score (nSPS) is 11.9. The van der Waals surface area contributed by atoms with Crippen LogP contribution in [0.3, 0.4) is 0 Å². The van der Waals surface area contributed by atoms with Crippen molar-refractivity contribution < 1.29 is 0 Å². The molecule has 14 heavy (non-hydrogen) atoms. The van der Waals surface area contributed by atoms with Crippen LogP contribution in [0, 0.1) is 0 Å². The Morgan fingerprint density at radius 2 is 2.50 bits per heavy atom. The van der Waals surface area contributed by atoms with Gasteiger partial charge in [-0.3, -0.25) is 15.0 Å². The fourth-order valence-electron chi connectivity index (χ4n) is 1.05. The standard InChI is InChI=1S/C11H13N3/c1-3-14-11(6-8-12-2)10-5-4-7-13-9-10/h4-9H,2-3H2,1H3/b8-6-,14-11+. The van der Waals surface area contributed by atoms with E-state index in [4.69, 9.17) is 0 Å². The minimum absolute atomic E-state index is 0.742. The van der Waals surface area contributed by atoms with E-state index in [9.17, 15) is 0 Å². The molecule has 0 radical (unpaired) electrons. The van der Waals surface area contributed by atoms with Gasteiger partial charge < -0.3 is 0 Å². The Bertz CT molecular complexity index is 339. The molecule has 0 atom stereocenters. The summed E-state index contributed by atoms with van der Waals surface area (Å²) in [6.45, 7) is 6.11. The number of hydrogen-bond acceptors (Lipinski definition) is 3. The molecule has 3 nitrogen and oxygen atoms in total. The number of nitrogens with zero attached hydrogens (tertiary/aromatic N) is 3. The molecular formula is C11H13N3. The zero-order valence-electron chi connectivity index (χ0n) is 8.22. The Labute approximate surface area is 83.9 Å². The third kappa shape index (κ3) is 2.94. The molecule has 1 heterocycles. The molecule has 1 aromatic rings. The van der Waals surface area contributed by atoms with E-state index in [0.29, 0.717) is 0 Å². The fourth-order valence-corrected chi connectivity index (χ4v) is 1.05. The lowest BCUT2D eigenvalue weighted by molar-refractivity contribution is 1.13. The SMILES string of the molecule is C=N/C=C\C(=N/CC)c1cccnc1. The molecule has 0 aromatic carbocycles. The van der Waals surface area contributed by atoms with E-state index in [0.717, 1.165) is 17.8 Å². The molecule has 0 aliphatic carbocycles. The van der Waals surface area contributed by atoms with Crippen molar-refractivity contribution >= 4 is 12.4 Å². The van der Waals surface area contributed by atoms with E-state index in [2.05, 4.69) is 21.7 Å². The van der Waals surface area contributed by atoms with E-state index >= 15 is 0 Å². The summed E-state index contributed by atoms with van der Waals surface area (Å²) in [6, 6.07) is 3.85. The highest BCUT2D eigenvalue weighted by atomic mass is 14.7. The van der Waals surface area contributed by atoms with Crippen LogP contribution in [0.2, 0.25) is 0 Å². The maximum absolute atomic E-state index is 4.33. The van der Waals surface area contributed by atoms with Crippen molar-refractivity contribution in [1.29, 1.82) is 0 Å². The van der Waals surface area contributed by atoms with Crippen molar-refractivity contribution in [3.8, 4) is 0 Å². The second-order valence-electron chi connectivity index (χ2n) is 2.60. The summed E-state index contributed by atoms with van der Waals surface area (Å²) in [5.74, 6) is 0. The van der Waals surface area contributed by atoms with Crippen LogP contribution in [0.5, 0.6) is 0 Å². The van der Waals surface area contributed by atoms with Crippen LogP contribution in [0.4, 0.5) is 0 Å². The van der Waals surface area contributed by atoms with Gasteiger partial charge >= 0.3 is 0 Å². The van der Waals surface area contributed by atoms with Gasteiger partial charge in [-0.1, -0.05) is 0 Å². The number of allylic oxidation sites excluding steroid dienone is 1. The first-order valence-electron chi connectivity index (χ1n) is 4.45. The Kier molecular flexibility index (Phi) is 4.27. The van der Waals surface area contributed by atoms with Crippen molar-refractivity contribution in [1.82, 2.24) is 4.98 Å². The molecule has 0 spiro atoms. The number of aromatic nitrogens is 1. The Hall–Kier alpha value is -1.77. The van der Waals surface area contributed by atoms with E-state index in [1.807, 2.05) is 25.1 Å². The zero-order valence-corrected chi connectivity index (χ0v) is 8.22. The highest BCUT2D eigenvalue weighted by Crippen LogP contribution is 2.00. The van der Waals surface area contributed by atoms with Crippen LogP contribution in [-0.2, 0) is 0 Å². The molecule has 0 amide bonds. The molecule has 0 fully saturated rings. The van der Waals surface area contributed by atoms with Crippen molar-refractivity contribution in [2.75, 3.05) is 6.54 Å². The van der Waals surface area contributed by atoms with Crippen LogP contribution < -0.4 is 0 Å². The molecule has 0 bridgehead atoms. The lowest BCUT2D eigenvalue weighted by atomic mass is 10.2. The summed E-state index contributed by atoms with van der Waals surface area (Å²) in [6.07, 6.45) is 6.97. The third-order valence-electron chi connectivity index (χ3n) is 1.62. The second-order valence-corrected chi connectivity index (χ2v) is 2.60. The number of pyridine rings is 1. The van der Waals surface area contributed by atoms with Crippen molar-refractivity contribution in [2.24, 2.45) is 9.98 Å². The molecule has 3 heteroatoms. The van der Waals surface area contributed by atoms with Gasteiger partial charge in [0.05, 0.1) is 5.71 Å². The first kappa shape index (κ1) is 10.3. The summed E-state index contributed by atoms with van der Waals surface area (Å²) < 4.78 is 0. The van der Waals surface area contributed by atoms with Crippen LogP contribution in [0.15, 0.2) is 46.8 Å². The summed E-state index contributed by atoms with van der Waals surface area (Å²) in [4.78, 5) is 12.0. The highest BCUT2D eigenvalue weighted by Gasteiger charge is 1.97. The number of aliphatic imine (C=N–C) groups is 2. The zero-order chi connectivity index (χ0) is 10.2. The molecular weight excluding hydrogens is 174 g/mol. The third-order valence-corrected chi connectivity index (χ3v) is 1.62. The molecule has 0 aliphatic rings. The molecule has 0 unspecified atom stereocenters. The number of hydrogen-bond donors (Lipinski definition) is 0. The van der Waals surface area contributed by atoms with Gasteiger partial charge in [0.15, 0.2) is 0 Å². The smallest absolute Gasteiger partial charge is 0.0677 e. The first-order valence-corrected chi connectivity index (χ1v) is 4.45. The van der Waals surface area contributed by atoms with Gasteiger partial charge in [0.2, 0.25) is 0 Å². The second kappa shape index (κ2) is 5.80.